The number of anilines is 1. The van der Waals surface area contributed by atoms with Crippen molar-refractivity contribution in [2.75, 3.05) is 5.32 Å². The molecule has 7 heteroatoms. The summed E-state index contributed by atoms with van der Waals surface area (Å²) in [5, 5.41) is 4.63. The maximum atomic E-state index is 11.6. The van der Waals surface area contributed by atoms with E-state index in [9.17, 15) is 9.59 Å². The second-order valence-corrected chi connectivity index (χ2v) is 6.31. The normalized spacial score (nSPS) is 10.5. The molecule has 6 nitrogen and oxygen atoms in total. The molecule has 0 radical (unpaired) electrons. The van der Waals surface area contributed by atoms with Gasteiger partial charge in [0.2, 0.25) is 11.8 Å². The third kappa shape index (κ3) is 4.13. The lowest BCUT2D eigenvalue weighted by atomic mass is 10.1. The van der Waals surface area contributed by atoms with Crippen LogP contribution in [0.25, 0.3) is 10.8 Å². The molecule has 3 aromatic rings. The van der Waals surface area contributed by atoms with Crippen LogP contribution in [0.2, 0.25) is 0 Å². The first-order valence-corrected chi connectivity index (χ1v) is 8.44. The molecular formula is C18H16N2O4S. The maximum absolute atomic E-state index is 11.6. The highest BCUT2D eigenvalue weighted by Gasteiger charge is 2.12. The molecule has 1 amide bonds. The Morgan fingerprint density at radius 3 is 2.80 bits per heavy atom. The van der Waals surface area contributed by atoms with E-state index in [-0.39, 0.29) is 18.3 Å². The van der Waals surface area contributed by atoms with E-state index in [0.29, 0.717) is 28.6 Å². The fraction of sp³-hybridized carbons (Fsp3) is 0.167. The minimum Gasteiger partial charge on any atom is -0.485 e. The highest BCUT2D eigenvalue weighted by molar-refractivity contribution is 7.13. The lowest BCUT2D eigenvalue weighted by molar-refractivity contribution is -0.114. The predicted octanol–water partition coefficient (Wildman–Crippen LogP) is 4.14. The molecule has 1 N–H and O–H groups in total. The fourth-order valence-electron chi connectivity index (χ4n) is 2.19. The number of ether oxygens (including phenoxy) is 1. The van der Waals surface area contributed by atoms with Crippen LogP contribution in [0.4, 0.5) is 5.69 Å². The number of nitrogens with one attached hydrogen (secondary N) is 1. The monoisotopic (exact) mass is 356 g/mol. The van der Waals surface area contributed by atoms with E-state index in [1.165, 1.54) is 31.4 Å². The number of hydrogen-bond acceptors (Lipinski definition) is 6. The molecule has 2 heterocycles. The number of ketones is 1. The Labute approximate surface area is 148 Å². The number of carbonyl (C=O) groups excluding carboxylic acids is 2. The largest absolute Gasteiger partial charge is 0.485 e. The van der Waals surface area contributed by atoms with Gasteiger partial charge >= 0.3 is 0 Å². The van der Waals surface area contributed by atoms with Crippen LogP contribution in [0.15, 0.2) is 46.4 Å². The van der Waals surface area contributed by atoms with E-state index in [2.05, 4.69) is 10.3 Å². The molecule has 0 fully saturated rings. The smallest absolute Gasteiger partial charge is 0.236 e. The lowest BCUT2D eigenvalue weighted by Crippen LogP contribution is -2.09. The van der Waals surface area contributed by atoms with Gasteiger partial charge in [-0.1, -0.05) is 6.07 Å². The molecule has 2 aromatic heterocycles. The molecule has 128 valence electrons. The van der Waals surface area contributed by atoms with Gasteiger partial charge < -0.3 is 14.5 Å². The van der Waals surface area contributed by atoms with Gasteiger partial charge in [-0.05, 0) is 36.6 Å². The van der Waals surface area contributed by atoms with Gasteiger partial charge in [-0.2, -0.15) is 0 Å². The van der Waals surface area contributed by atoms with Crippen molar-refractivity contribution in [3.8, 4) is 16.5 Å². The first-order chi connectivity index (χ1) is 12.0. The third-order valence-electron chi connectivity index (χ3n) is 3.36. The van der Waals surface area contributed by atoms with Gasteiger partial charge in [0.15, 0.2) is 5.78 Å². The van der Waals surface area contributed by atoms with Gasteiger partial charge in [0.05, 0.1) is 10.6 Å². The summed E-state index contributed by atoms with van der Waals surface area (Å²) in [6, 6.07) is 8.74. The van der Waals surface area contributed by atoms with Crippen molar-refractivity contribution in [3.63, 3.8) is 0 Å². The van der Waals surface area contributed by atoms with E-state index < -0.39 is 0 Å². The molecule has 0 spiro atoms. The van der Waals surface area contributed by atoms with Crippen LogP contribution in [0.5, 0.6) is 5.75 Å². The van der Waals surface area contributed by atoms with Crippen molar-refractivity contribution in [1.82, 2.24) is 4.98 Å². The summed E-state index contributed by atoms with van der Waals surface area (Å²) in [5.74, 6) is 0.638. The van der Waals surface area contributed by atoms with Crippen LogP contribution in [0.1, 0.15) is 29.9 Å². The van der Waals surface area contributed by atoms with Gasteiger partial charge in [0, 0.05) is 12.5 Å². The second-order valence-electron chi connectivity index (χ2n) is 5.36. The van der Waals surface area contributed by atoms with Gasteiger partial charge in [-0.25, -0.2) is 4.98 Å². The van der Waals surface area contributed by atoms with Gasteiger partial charge in [0.1, 0.15) is 24.3 Å². The van der Waals surface area contributed by atoms with Crippen LogP contribution in [-0.2, 0) is 11.4 Å². The molecular weight excluding hydrogens is 340 g/mol. The van der Waals surface area contributed by atoms with Gasteiger partial charge in [0.25, 0.3) is 0 Å². The molecule has 0 saturated heterocycles. The zero-order valence-corrected chi connectivity index (χ0v) is 14.6. The maximum Gasteiger partial charge on any atom is 0.236 e. The SMILES string of the molecule is CC(=O)Nc1ccc(C(C)=O)cc1OCc1coc(-c2cccs2)n1. The predicted molar refractivity (Wildman–Crippen MR) is 94.9 cm³/mol. The topological polar surface area (TPSA) is 81.4 Å². The minimum atomic E-state index is -0.221. The van der Waals surface area contributed by atoms with E-state index in [4.69, 9.17) is 9.15 Å². The number of aromatic nitrogens is 1. The molecule has 0 aliphatic rings. The summed E-state index contributed by atoms with van der Waals surface area (Å²) in [4.78, 5) is 28.2. The molecule has 0 bridgehead atoms. The van der Waals surface area contributed by atoms with Crippen LogP contribution < -0.4 is 10.1 Å². The standard InChI is InChI=1S/C18H16N2O4S/c1-11(21)13-5-6-15(19-12(2)22)16(8-13)23-9-14-10-24-18(20-14)17-4-3-7-25-17/h3-8,10H,9H2,1-2H3,(H,19,22). The van der Waals surface area contributed by atoms with Crippen LogP contribution >= 0.6 is 11.3 Å². The quantitative estimate of drug-likeness (QED) is 0.671. The van der Waals surface area contributed by atoms with E-state index >= 15 is 0 Å². The number of thiophene rings is 1. The van der Waals surface area contributed by atoms with Crippen molar-refractivity contribution in [2.45, 2.75) is 20.5 Å². The second kappa shape index (κ2) is 7.31. The Morgan fingerprint density at radius 2 is 2.12 bits per heavy atom. The van der Waals surface area contributed by atoms with Crippen LogP contribution in [0, 0.1) is 0 Å². The highest BCUT2D eigenvalue weighted by atomic mass is 32.1. The van der Waals surface area contributed by atoms with Crippen LogP contribution in [0.3, 0.4) is 0 Å². The summed E-state index contributed by atoms with van der Waals surface area (Å²) in [7, 11) is 0. The van der Waals surface area contributed by atoms with E-state index in [1.54, 1.807) is 18.2 Å². The third-order valence-corrected chi connectivity index (χ3v) is 4.22. The summed E-state index contributed by atoms with van der Waals surface area (Å²) >= 11 is 1.54. The number of oxazole rings is 1. The highest BCUT2D eigenvalue weighted by Crippen LogP contribution is 2.28. The van der Waals surface area contributed by atoms with Gasteiger partial charge in [-0.3, -0.25) is 9.59 Å². The van der Waals surface area contributed by atoms with E-state index in [1.807, 2.05) is 17.5 Å². The molecule has 0 unspecified atom stereocenters. The van der Waals surface area contributed by atoms with Crippen molar-refractivity contribution in [2.24, 2.45) is 0 Å². The fourth-order valence-corrected chi connectivity index (χ4v) is 2.85. The van der Waals surface area contributed by atoms with Crippen molar-refractivity contribution >= 4 is 28.7 Å². The Morgan fingerprint density at radius 1 is 1.28 bits per heavy atom. The lowest BCUT2D eigenvalue weighted by Gasteiger charge is -2.12. The summed E-state index contributed by atoms with van der Waals surface area (Å²) in [5.41, 5.74) is 1.62. The zero-order valence-electron chi connectivity index (χ0n) is 13.7. The number of nitrogens with zero attached hydrogens (tertiary/aromatic N) is 1. The number of benzene rings is 1. The Bertz CT molecular complexity index is 900. The Kier molecular flexibility index (Phi) is 4.95. The Balaban J connectivity index is 1.78. The average Bonchev–Trinajstić information content (AvgIpc) is 3.24. The average molecular weight is 356 g/mol. The molecule has 0 aliphatic carbocycles. The zero-order chi connectivity index (χ0) is 17.8. The van der Waals surface area contributed by atoms with Crippen molar-refractivity contribution < 1.29 is 18.7 Å². The summed E-state index contributed by atoms with van der Waals surface area (Å²) in [6.07, 6.45) is 1.53. The van der Waals surface area contributed by atoms with Crippen molar-refractivity contribution in [1.29, 1.82) is 0 Å². The number of rotatable bonds is 6. The number of carbonyl (C=O) groups is 2. The molecule has 0 aliphatic heterocycles. The van der Waals surface area contributed by atoms with E-state index in [0.717, 1.165) is 4.88 Å². The minimum absolute atomic E-state index is 0.0827. The van der Waals surface area contributed by atoms with Gasteiger partial charge in [-0.15, -0.1) is 11.3 Å². The number of amides is 1. The number of hydrogen-bond donors (Lipinski definition) is 1. The Hall–Kier alpha value is -2.93. The molecule has 25 heavy (non-hydrogen) atoms. The first kappa shape index (κ1) is 16.9. The van der Waals surface area contributed by atoms with Crippen molar-refractivity contribution in [3.05, 3.63) is 53.2 Å². The summed E-state index contributed by atoms with van der Waals surface area (Å²) in [6.45, 7) is 3.04. The molecule has 3 rings (SSSR count). The first-order valence-electron chi connectivity index (χ1n) is 7.56. The number of Topliss-reactive ketones (excluding diaryl/α,β-unsaturated/α-hetero) is 1. The summed E-state index contributed by atoms with van der Waals surface area (Å²) < 4.78 is 11.2. The molecule has 0 saturated carbocycles. The van der Waals surface area contributed by atoms with Crippen LogP contribution in [-0.4, -0.2) is 16.7 Å². The molecule has 1 aromatic carbocycles. The molecule has 0 atom stereocenters.